The summed E-state index contributed by atoms with van der Waals surface area (Å²) in [6.07, 6.45) is 7.97. The molecule has 33 heavy (non-hydrogen) atoms. The third-order valence-corrected chi connectivity index (χ3v) is 6.34. The van der Waals surface area contributed by atoms with E-state index in [2.05, 4.69) is 34.6 Å². The van der Waals surface area contributed by atoms with Gasteiger partial charge < -0.3 is 20.1 Å². The lowest BCUT2D eigenvalue weighted by Gasteiger charge is -2.36. The van der Waals surface area contributed by atoms with E-state index in [1.165, 1.54) is 32.1 Å². The van der Waals surface area contributed by atoms with Crippen molar-refractivity contribution in [1.29, 1.82) is 5.26 Å². The van der Waals surface area contributed by atoms with E-state index < -0.39 is 0 Å². The number of carbonyl (C=O) groups excluding carboxylic acids is 1. The highest BCUT2D eigenvalue weighted by Crippen LogP contribution is 2.34. The molecule has 0 bridgehead atoms. The average molecular weight is 442 g/mol. The third-order valence-electron chi connectivity index (χ3n) is 6.34. The molecular formula is C27H31N5O. The summed E-state index contributed by atoms with van der Waals surface area (Å²) in [5, 5.41) is 15.5. The molecule has 0 spiro atoms. The normalized spacial score (nSPS) is 13.8. The van der Waals surface area contributed by atoms with Gasteiger partial charge in [0.05, 0.1) is 11.4 Å². The monoisotopic (exact) mass is 441 g/mol. The summed E-state index contributed by atoms with van der Waals surface area (Å²) < 4.78 is 1.84. The summed E-state index contributed by atoms with van der Waals surface area (Å²) in [5.41, 5.74) is 5.03. The van der Waals surface area contributed by atoms with Crippen LogP contribution < -0.4 is 15.5 Å². The molecule has 6 nitrogen and oxygen atoms in total. The number of aryl methyl sites for hydroxylation is 1. The maximum absolute atomic E-state index is 12.9. The van der Waals surface area contributed by atoms with Gasteiger partial charge in [-0.25, -0.2) is 4.79 Å². The topological polar surface area (TPSA) is 73.1 Å². The van der Waals surface area contributed by atoms with Crippen molar-refractivity contribution in [2.45, 2.75) is 52.0 Å². The Morgan fingerprint density at radius 1 is 1.09 bits per heavy atom. The van der Waals surface area contributed by atoms with Gasteiger partial charge in [0.15, 0.2) is 0 Å². The molecule has 0 unspecified atom stereocenters. The minimum Gasteiger partial charge on any atom is -0.367 e. The van der Waals surface area contributed by atoms with Gasteiger partial charge in [0.25, 0.3) is 0 Å². The van der Waals surface area contributed by atoms with Crippen LogP contribution >= 0.6 is 0 Å². The standard InChI is InChI=1S/C27H31N5O/c1-3-31(22-8-5-4-6-9-22)26-16-15-23(32-17-7-10-24(32)19-28)18-25(26)30-27(33)29-21-13-11-20(2)12-14-21/h7,10-18,22H,3-6,8-9H2,1-2H3,(H2,29,30,33). The van der Waals surface area contributed by atoms with Crippen LogP contribution in [-0.4, -0.2) is 23.2 Å². The Hall–Kier alpha value is -3.72. The molecule has 1 saturated carbocycles. The second-order valence-corrected chi connectivity index (χ2v) is 8.60. The van der Waals surface area contributed by atoms with E-state index in [1.807, 2.05) is 60.2 Å². The van der Waals surface area contributed by atoms with E-state index in [9.17, 15) is 10.1 Å². The van der Waals surface area contributed by atoms with Gasteiger partial charge in [-0.2, -0.15) is 5.26 Å². The van der Waals surface area contributed by atoms with Gasteiger partial charge in [-0.1, -0.05) is 37.0 Å². The van der Waals surface area contributed by atoms with Crippen LogP contribution in [0.3, 0.4) is 0 Å². The van der Waals surface area contributed by atoms with Crippen molar-refractivity contribution in [1.82, 2.24) is 4.57 Å². The van der Waals surface area contributed by atoms with Crippen molar-refractivity contribution in [3.05, 3.63) is 72.1 Å². The largest absolute Gasteiger partial charge is 0.367 e. The van der Waals surface area contributed by atoms with E-state index in [0.717, 1.165) is 34.9 Å². The van der Waals surface area contributed by atoms with Gasteiger partial charge in [-0.05, 0) is 69.2 Å². The molecule has 0 aliphatic heterocycles. The van der Waals surface area contributed by atoms with Crippen LogP contribution in [0.1, 0.15) is 50.3 Å². The van der Waals surface area contributed by atoms with Crippen molar-refractivity contribution < 1.29 is 4.79 Å². The lowest BCUT2D eigenvalue weighted by Crippen LogP contribution is -2.37. The van der Waals surface area contributed by atoms with Crippen LogP contribution in [0.15, 0.2) is 60.8 Å². The zero-order valence-corrected chi connectivity index (χ0v) is 19.3. The van der Waals surface area contributed by atoms with Crippen LogP contribution in [0, 0.1) is 18.3 Å². The highest BCUT2D eigenvalue weighted by atomic mass is 16.2. The second-order valence-electron chi connectivity index (χ2n) is 8.60. The van der Waals surface area contributed by atoms with Crippen LogP contribution in [0.4, 0.5) is 21.9 Å². The molecule has 1 heterocycles. The number of rotatable bonds is 6. The maximum Gasteiger partial charge on any atom is 0.323 e. The molecule has 1 fully saturated rings. The predicted molar refractivity (Wildman–Crippen MR) is 134 cm³/mol. The fraction of sp³-hybridized carbons (Fsp3) is 0.333. The lowest BCUT2D eigenvalue weighted by molar-refractivity contribution is 0.262. The number of amides is 2. The first-order chi connectivity index (χ1) is 16.1. The van der Waals surface area contributed by atoms with Gasteiger partial charge in [0, 0.05) is 30.2 Å². The summed E-state index contributed by atoms with van der Waals surface area (Å²) in [6, 6.07) is 19.8. The third kappa shape index (κ3) is 5.20. The van der Waals surface area contributed by atoms with Crippen LogP contribution in [-0.2, 0) is 0 Å². The molecule has 1 aromatic heterocycles. The molecule has 1 aliphatic rings. The Morgan fingerprint density at radius 3 is 2.55 bits per heavy atom. The fourth-order valence-corrected chi connectivity index (χ4v) is 4.66. The zero-order valence-electron chi connectivity index (χ0n) is 19.3. The molecule has 2 aromatic carbocycles. The van der Waals surface area contributed by atoms with E-state index in [0.29, 0.717) is 11.7 Å². The summed E-state index contributed by atoms with van der Waals surface area (Å²) in [5.74, 6) is 0. The number of nitrogens with one attached hydrogen (secondary N) is 2. The first-order valence-electron chi connectivity index (χ1n) is 11.7. The Morgan fingerprint density at radius 2 is 1.85 bits per heavy atom. The molecule has 6 heteroatoms. The second kappa shape index (κ2) is 10.3. The maximum atomic E-state index is 12.9. The first-order valence-corrected chi connectivity index (χ1v) is 11.7. The summed E-state index contributed by atoms with van der Waals surface area (Å²) in [4.78, 5) is 15.3. The van der Waals surface area contributed by atoms with Gasteiger partial charge in [0.2, 0.25) is 0 Å². The smallest absolute Gasteiger partial charge is 0.323 e. The first kappa shape index (κ1) is 22.5. The van der Waals surface area contributed by atoms with Crippen molar-refractivity contribution in [3.8, 4) is 11.8 Å². The van der Waals surface area contributed by atoms with Gasteiger partial charge in [-0.15, -0.1) is 0 Å². The molecular weight excluding hydrogens is 410 g/mol. The molecule has 0 radical (unpaired) electrons. The van der Waals surface area contributed by atoms with Crippen molar-refractivity contribution in [3.63, 3.8) is 0 Å². The molecule has 0 atom stereocenters. The van der Waals surface area contributed by atoms with Crippen LogP contribution in [0.2, 0.25) is 0 Å². The number of aromatic nitrogens is 1. The van der Waals surface area contributed by atoms with E-state index in [1.54, 1.807) is 6.07 Å². The number of nitrogens with zero attached hydrogens (tertiary/aromatic N) is 3. The zero-order chi connectivity index (χ0) is 23.2. The Bertz CT molecular complexity index is 1140. The average Bonchev–Trinajstić information content (AvgIpc) is 3.31. The minimum atomic E-state index is -0.287. The lowest BCUT2D eigenvalue weighted by atomic mass is 9.93. The van der Waals surface area contributed by atoms with E-state index in [-0.39, 0.29) is 6.03 Å². The highest BCUT2D eigenvalue weighted by Gasteiger charge is 2.23. The van der Waals surface area contributed by atoms with Crippen molar-refractivity contribution >= 4 is 23.1 Å². The quantitative estimate of drug-likeness (QED) is 0.461. The number of hydrogen-bond donors (Lipinski definition) is 2. The Balaban J connectivity index is 1.67. The number of carbonyl (C=O) groups is 1. The van der Waals surface area contributed by atoms with E-state index >= 15 is 0 Å². The molecule has 170 valence electrons. The van der Waals surface area contributed by atoms with Crippen LogP contribution in [0.5, 0.6) is 0 Å². The summed E-state index contributed by atoms with van der Waals surface area (Å²) in [6.45, 7) is 5.05. The summed E-state index contributed by atoms with van der Waals surface area (Å²) in [7, 11) is 0. The number of nitriles is 1. The van der Waals surface area contributed by atoms with Gasteiger partial charge in [0.1, 0.15) is 11.8 Å². The Kier molecular flexibility index (Phi) is 6.99. The molecule has 2 amide bonds. The SMILES string of the molecule is CCN(c1ccc(-n2cccc2C#N)cc1NC(=O)Nc1ccc(C)cc1)C1CCCCC1. The molecule has 3 aromatic rings. The van der Waals surface area contributed by atoms with E-state index in [4.69, 9.17) is 0 Å². The fourth-order valence-electron chi connectivity index (χ4n) is 4.66. The number of anilines is 3. The molecule has 0 saturated heterocycles. The van der Waals surface area contributed by atoms with Crippen molar-refractivity contribution in [2.75, 3.05) is 22.1 Å². The number of benzene rings is 2. The molecule has 2 N–H and O–H groups in total. The summed E-state index contributed by atoms with van der Waals surface area (Å²) >= 11 is 0. The van der Waals surface area contributed by atoms with Crippen molar-refractivity contribution in [2.24, 2.45) is 0 Å². The molecule has 1 aliphatic carbocycles. The van der Waals surface area contributed by atoms with Gasteiger partial charge in [-0.3, -0.25) is 0 Å². The molecule has 4 rings (SSSR count). The Labute approximate surface area is 195 Å². The van der Waals surface area contributed by atoms with Crippen LogP contribution in [0.25, 0.3) is 5.69 Å². The predicted octanol–water partition coefficient (Wildman–Crippen LogP) is 6.46. The number of urea groups is 1. The number of hydrogen-bond acceptors (Lipinski definition) is 3. The highest BCUT2D eigenvalue weighted by molar-refractivity contribution is 6.02. The van der Waals surface area contributed by atoms with Gasteiger partial charge >= 0.3 is 6.03 Å². The minimum absolute atomic E-state index is 0.287.